The second-order valence-electron chi connectivity index (χ2n) is 18.9. The summed E-state index contributed by atoms with van der Waals surface area (Å²) in [6.07, 6.45) is 11.5. The molecule has 2 saturated carbocycles. The maximum atomic E-state index is 14.8. The first-order valence-electron chi connectivity index (χ1n) is 24.3. The topological polar surface area (TPSA) is 190 Å². The van der Waals surface area contributed by atoms with Gasteiger partial charge in [-0.3, -0.25) is 19.2 Å². The number of ether oxygens (including phenoxy) is 5. The van der Waals surface area contributed by atoms with Crippen molar-refractivity contribution in [2.24, 2.45) is 22.9 Å². The fourth-order valence-electron chi connectivity index (χ4n) is 10.7. The lowest BCUT2D eigenvalue weighted by Crippen LogP contribution is -2.55. The van der Waals surface area contributed by atoms with Crippen molar-refractivity contribution in [3.05, 3.63) is 83.8 Å². The maximum absolute atomic E-state index is 14.8. The first kappa shape index (κ1) is 44.3. The largest absolute Gasteiger partial charge is 0.493 e. The third kappa shape index (κ3) is 8.56. The molecular formula is C52H56N8O9. The highest BCUT2D eigenvalue weighted by molar-refractivity contribution is 6.10. The Morgan fingerprint density at radius 1 is 0.855 bits per heavy atom. The molecule has 4 fully saturated rings. The van der Waals surface area contributed by atoms with Crippen LogP contribution in [0.15, 0.2) is 72.2 Å². The van der Waals surface area contributed by atoms with Gasteiger partial charge in [0.2, 0.25) is 24.5 Å². The molecule has 17 heteroatoms. The van der Waals surface area contributed by atoms with E-state index in [4.69, 9.17) is 28.8 Å². The van der Waals surface area contributed by atoms with E-state index in [0.717, 1.165) is 67.5 Å². The van der Waals surface area contributed by atoms with Gasteiger partial charge in [0.1, 0.15) is 29.3 Å². The van der Waals surface area contributed by atoms with Crippen molar-refractivity contribution in [3.8, 4) is 40.0 Å². The third-order valence-electron chi connectivity index (χ3n) is 14.7. The van der Waals surface area contributed by atoms with Crippen molar-refractivity contribution in [1.29, 1.82) is 0 Å². The number of hydrogen-bond donors (Lipinski definition) is 2. The molecule has 0 spiro atoms. The molecule has 2 N–H and O–H groups in total. The molecule has 5 aromatic rings. The Labute approximate surface area is 399 Å². The van der Waals surface area contributed by atoms with Gasteiger partial charge in [-0.1, -0.05) is 25.0 Å². The van der Waals surface area contributed by atoms with Crippen LogP contribution in [-0.4, -0.2) is 114 Å². The summed E-state index contributed by atoms with van der Waals surface area (Å²) in [5.41, 5.74) is 5.62. The molecule has 11 rings (SSSR count). The van der Waals surface area contributed by atoms with Gasteiger partial charge in [-0.25, -0.2) is 15.0 Å². The van der Waals surface area contributed by atoms with Gasteiger partial charge >= 0.3 is 0 Å². The molecule has 0 bridgehead atoms. The Balaban J connectivity index is 0.855. The fourth-order valence-corrected chi connectivity index (χ4v) is 10.7. The average molecular weight is 937 g/mol. The molecule has 2 saturated heterocycles. The summed E-state index contributed by atoms with van der Waals surface area (Å²) < 4.78 is 29.1. The van der Waals surface area contributed by atoms with Crippen LogP contribution in [0.4, 0.5) is 5.69 Å². The highest BCUT2D eigenvalue weighted by Gasteiger charge is 2.44. The minimum atomic E-state index is -0.959. The molecule has 4 aliphatic heterocycles. The number of carbonyl (C=O) groups is 4. The van der Waals surface area contributed by atoms with Crippen LogP contribution in [0.5, 0.6) is 28.7 Å². The van der Waals surface area contributed by atoms with E-state index in [-0.39, 0.29) is 54.4 Å². The van der Waals surface area contributed by atoms with E-state index in [0.29, 0.717) is 102 Å². The van der Waals surface area contributed by atoms with Gasteiger partial charge in [-0.05, 0) is 98.9 Å². The summed E-state index contributed by atoms with van der Waals surface area (Å²) in [5.74, 6) is 2.65. The van der Waals surface area contributed by atoms with Gasteiger partial charge in [0.05, 0.1) is 49.2 Å². The first-order chi connectivity index (χ1) is 33.8. The predicted octanol–water partition coefficient (Wildman–Crippen LogP) is 6.67. The summed E-state index contributed by atoms with van der Waals surface area (Å²) in [6.45, 7) is 2.02. The smallest absolute Gasteiger partial charge is 0.255 e. The number of carbonyl (C=O) groups excluding carboxylic acids is 4. The number of hydrazone groups is 1. The Bertz CT molecular complexity index is 2830. The number of nitrogens with one attached hydrogen (secondary N) is 2. The fraction of sp³-hybridized carbons (Fsp3) is 0.442. The molecule has 2 aromatic heterocycles. The minimum absolute atomic E-state index is 0.0119. The lowest BCUT2D eigenvalue weighted by Gasteiger charge is -2.43. The van der Waals surface area contributed by atoms with Crippen LogP contribution < -0.4 is 33.9 Å². The Kier molecular flexibility index (Phi) is 12.0. The molecule has 3 aromatic carbocycles. The van der Waals surface area contributed by atoms with Crippen molar-refractivity contribution in [1.82, 2.24) is 30.2 Å². The van der Waals surface area contributed by atoms with Crippen LogP contribution in [0.1, 0.15) is 85.7 Å². The van der Waals surface area contributed by atoms with E-state index in [1.165, 1.54) is 6.33 Å². The molecule has 4 amide bonds. The van der Waals surface area contributed by atoms with Gasteiger partial charge in [0.15, 0.2) is 23.0 Å². The van der Waals surface area contributed by atoms with Crippen LogP contribution in [0.3, 0.4) is 0 Å². The number of amides is 4. The molecule has 6 aliphatic rings. The second-order valence-corrected chi connectivity index (χ2v) is 18.9. The number of likely N-dealkylation sites (tertiary alicyclic amines) is 1. The molecule has 358 valence electrons. The van der Waals surface area contributed by atoms with Gasteiger partial charge in [0.25, 0.3) is 5.91 Å². The van der Waals surface area contributed by atoms with Gasteiger partial charge in [0, 0.05) is 61.8 Å². The quantitative estimate of drug-likeness (QED) is 0.121. The molecule has 0 radical (unpaired) electrons. The number of benzene rings is 3. The van der Waals surface area contributed by atoms with E-state index in [9.17, 15) is 19.2 Å². The van der Waals surface area contributed by atoms with E-state index in [1.54, 1.807) is 35.2 Å². The summed E-state index contributed by atoms with van der Waals surface area (Å²) in [4.78, 5) is 72.2. The van der Waals surface area contributed by atoms with Crippen LogP contribution in [0, 0.1) is 17.8 Å². The van der Waals surface area contributed by atoms with E-state index in [2.05, 4.69) is 20.3 Å². The number of rotatable bonds is 14. The summed E-state index contributed by atoms with van der Waals surface area (Å²) in [5, 5.41) is 9.91. The Morgan fingerprint density at radius 2 is 1.64 bits per heavy atom. The summed E-state index contributed by atoms with van der Waals surface area (Å²) >= 11 is 0. The average Bonchev–Trinajstić information content (AvgIpc) is 3.67. The molecule has 69 heavy (non-hydrogen) atoms. The first-order valence-corrected chi connectivity index (χ1v) is 24.3. The number of nitrogens with zero attached hydrogens (tertiary/aromatic N) is 6. The van der Waals surface area contributed by atoms with Crippen molar-refractivity contribution in [3.63, 3.8) is 0 Å². The number of aromatic amines is 1. The van der Waals surface area contributed by atoms with Crippen LogP contribution in [0.25, 0.3) is 22.3 Å². The monoisotopic (exact) mass is 936 g/mol. The third-order valence-corrected chi connectivity index (χ3v) is 14.7. The summed E-state index contributed by atoms with van der Waals surface area (Å²) in [6, 6.07) is 15.9. The van der Waals surface area contributed by atoms with E-state index < -0.39 is 11.9 Å². The van der Waals surface area contributed by atoms with Crippen molar-refractivity contribution in [2.45, 2.75) is 82.7 Å². The SMILES string of the molecule is COc1ccc(C2=NN(C3CCN(C(=O)[C@@H](Cc4ccc(N5CCCC5=O)cc4)NC(=O)c4c[nH]c5c(-c6c(OCC7CC7)ccc7c6OCO7)ncnc45)CC3)C(=O)[C@@H]3CCCC[C@H]23)cc1OC. The number of methoxy groups -OCH3 is 2. The molecule has 2 aliphatic carbocycles. The second kappa shape index (κ2) is 18.7. The van der Waals surface area contributed by atoms with Gasteiger partial charge in [-0.2, -0.15) is 5.10 Å². The Hall–Kier alpha value is -7.17. The zero-order chi connectivity index (χ0) is 47.2. The van der Waals surface area contributed by atoms with Crippen molar-refractivity contribution < 1.29 is 42.9 Å². The molecular weight excluding hydrogens is 881 g/mol. The van der Waals surface area contributed by atoms with Gasteiger partial charge in [-0.15, -0.1) is 0 Å². The lowest BCUT2D eigenvalue weighted by molar-refractivity contribution is -0.143. The molecule has 3 atom stereocenters. The van der Waals surface area contributed by atoms with E-state index in [1.807, 2.05) is 54.6 Å². The number of anilines is 1. The Morgan fingerprint density at radius 3 is 2.39 bits per heavy atom. The molecule has 17 nitrogen and oxygen atoms in total. The number of fused-ring (bicyclic) bond motifs is 3. The highest BCUT2D eigenvalue weighted by Crippen LogP contribution is 2.48. The lowest BCUT2D eigenvalue weighted by atomic mass is 9.73. The van der Waals surface area contributed by atoms with Crippen LogP contribution in [0.2, 0.25) is 0 Å². The number of aromatic nitrogens is 3. The zero-order valence-electron chi connectivity index (χ0n) is 38.9. The minimum Gasteiger partial charge on any atom is -0.493 e. The molecule has 6 heterocycles. The number of hydrogen-bond acceptors (Lipinski definition) is 12. The predicted molar refractivity (Wildman–Crippen MR) is 255 cm³/mol. The standard InChI is InChI=1S/C52H56N8O9/c1-65-39-16-13-32(25-42(39)66-2)45-35-6-3-4-7-36(35)51(63)60(57-45)34-19-22-58(23-20-34)52(64)38(24-30-11-14-33(15-12-30)59-21-5-8-43(59)61)56-50(62)37-26-53-48-46(37)54-28-55-47(48)44-40(67-27-31-9-10-31)17-18-41-49(44)69-29-68-41/h11-18,25-26,28,31,34-36,38,53H,3-10,19-24,27,29H2,1-2H3,(H,56,62)/t35-,36+,38+/m0/s1. The maximum Gasteiger partial charge on any atom is 0.255 e. The van der Waals surface area contributed by atoms with Crippen LogP contribution >= 0.6 is 0 Å². The van der Waals surface area contributed by atoms with E-state index >= 15 is 0 Å². The van der Waals surface area contributed by atoms with Crippen molar-refractivity contribution >= 4 is 46.1 Å². The number of piperidine rings is 1. The highest BCUT2D eigenvalue weighted by atomic mass is 16.7. The van der Waals surface area contributed by atoms with Gasteiger partial charge < -0.3 is 43.8 Å². The van der Waals surface area contributed by atoms with Crippen molar-refractivity contribution in [2.75, 3.05) is 52.2 Å². The zero-order valence-corrected chi connectivity index (χ0v) is 38.9. The normalized spacial score (nSPS) is 20.7. The molecule has 0 unspecified atom stereocenters. The van der Waals surface area contributed by atoms with Crippen LogP contribution in [-0.2, 0) is 20.8 Å². The number of H-pyrrole nitrogens is 1. The summed E-state index contributed by atoms with van der Waals surface area (Å²) in [7, 11) is 3.22.